The fourth-order valence-corrected chi connectivity index (χ4v) is 10.1. The summed E-state index contributed by atoms with van der Waals surface area (Å²) in [4.78, 5) is 15.7. The molecule has 2 heterocycles. The molecule has 0 radical (unpaired) electrons. The van der Waals surface area contributed by atoms with Crippen molar-refractivity contribution in [3.63, 3.8) is 0 Å². The second kappa shape index (κ2) is 15.4. The summed E-state index contributed by atoms with van der Waals surface area (Å²) >= 11 is 1.76. The zero-order chi connectivity index (χ0) is 41.7. The highest BCUT2D eigenvalue weighted by atomic mass is 32.1. The molecule has 12 rings (SSSR count). The molecule has 4 heteroatoms. The predicted octanol–water partition coefficient (Wildman–Crippen LogP) is 16.2. The number of hydrogen-bond donors (Lipinski definition) is 0. The van der Waals surface area contributed by atoms with Gasteiger partial charge in [-0.25, -0.2) is 15.0 Å². The van der Waals surface area contributed by atoms with Crippen molar-refractivity contribution < 1.29 is 0 Å². The van der Waals surface area contributed by atoms with Crippen molar-refractivity contribution >= 4 is 53.9 Å². The molecule has 63 heavy (non-hydrogen) atoms. The minimum Gasteiger partial charge on any atom is -0.235 e. The molecular formula is C59H37N3S. The lowest BCUT2D eigenvalue weighted by atomic mass is 9.87. The summed E-state index contributed by atoms with van der Waals surface area (Å²) in [5, 5.41) is 8.26. The highest BCUT2D eigenvalue weighted by Crippen LogP contribution is 2.44. The Morgan fingerprint density at radius 1 is 0.302 bits per heavy atom. The topological polar surface area (TPSA) is 38.7 Å². The molecule has 0 aliphatic rings. The Morgan fingerprint density at radius 2 is 0.857 bits per heavy atom. The van der Waals surface area contributed by atoms with Gasteiger partial charge >= 0.3 is 0 Å². The highest BCUT2D eigenvalue weighted by Gasteiger charge is 2.19. The second-order valence-electron chi connectivity index (χ2n) is 16.0. The minimum atomic E-state index is 0.701. The van der Waals surface area contributed by atoms with Gasteiger partial charge in [0.25, 0.3) is 0 Å². The van der Waals surface area contributed by atoms with Crippen LogP contribution in [0, 0.1) is 0 Å². The number of aromatic nitrogens is 3. The minimum absolute atomic E-state index is 0.701. The summed E-state index contributed by atoms with van der Waals surface area (Å²) in [6.45, 7) is 0. The number of fused-ring (bicyclic) bond motifs is 4. The lowest BCUT2D eigenvalue weighted by Gasteiger charge is -2.17. The van der Waals surface area contributed by atoms with Gasteiger partial charge in [0.2, 0.25) is 0 Å². The van der Waals surface area contributed by atoms with Crippen LogP contribution in [0.2, 0.25) is 0 Å². The van der Waals surface area contributed by atoms with Gasteiger partial charge in [-0.2, -0.15) is 0 Å². The molecule has 12 aromatic rings. The lowest BCUT2D eigenvalue weighted by Crippen LogP contribution is -1.96. The van der Waals surface area contributed by atoms with Crippen molar-refractivity contribution in [2.75, 3.05) is 0 Å². The van der Waals surface area contributed by atoms with Crippen molar-refractivity contribution in [3.05, 3.63) is 224 Å². The first kappa shape index (κ1) is 36.8. The molecule has 10 aromatic carbocycles. The van der Waals surface area contributed by atoms with Gasteiger partial charge in [0.05, 0.1) is 21.6 Å². The zero-order valence-corrected chi connectivity index (χ0v) is 34.9. The van der Waals surface area contributed by atoms with Gasteiger partial charge in [0, 0.05) is 27.8 Å². The van der Waals surface area contributed by atoms with Gasteiger partial charge in [0.15, 0.2) is 5.82 Å². The normalized spacial score (nSPS) is 11.5. The molecule has 0 saturated heterocycles. The molecule has 0 amide bonds. The van der Waals surface area contributed by atoms with E-state index in [0.29, 0.717) is 5.82 Å². The maximum atomic E-state index is 5.42. The molecule has 2 aromatic heterocycles. The molecule has 0 N–H and O–H groups in total. The maximum absolute atomic E-state index is 5.42. The Labute approximate surface area is 369 Å². The lowest BCUT2D eigenvalue weighted by molar-refractivity contribution is 1.18. The Kier molecular flexibility index (Phi) is 9.02. The zero-order valence-electron chi connectivity index (χ0n) is 34.1. The Balaban J connectivity index is 1.02. The summed E-state index contributed by atoms with van der Waals surface area (Å²) in [7, 11) is 0. The summed E-state index contributed by atoms with van der Waals surface area (Å²) in [6, 6.07) is 80.0. The van der Waals surface area contributed by atoms with Crippen molar-refractivity contribution in [3.8, 4) is 77.9 Å². The molecule has 0 atom stereocenters. The number of thiazole rings is 1. The SMILES string of the molecule is c1ccc(-c2cc(-c3cccc(-c4c(-c5cccc(-c6c7ccccc7cc7sc(-c8ccc9ccccc9c8)nc67)c5)ccc5ccccc45)c3)nc(-c3ccccc3)n2)cc1. The maximum Gasteiger partial charge on any atom is 0.160 e. The van der Waals surface area contributed by atoms with Crippen LogP contribution in [-0.2, 0) is 0 Å². The van der Waals surface area contributed by atoms with Gasteiger partial charge in [0.1, 0.15) is 5.01 Å². The van der Waals surface area contributed by atoms with Crippen LogP contribution in [0.3, 0.4) is 0 Å². The Bertz CT molecular complexity index is 3630. The molecule has 0 saturated carbocycles. The summed E-state index contributed by atoms with van der Waals surface area (Å²) < 4.78 is 1.18. The van der Waals surface area contributed by atoms with E-state index in [0.717, 1.165) is 72.0 Å². The van der Waals surface area contributed by atoms with E-state index >= 15 is 0 Å². The third-order valence-electron chi connectivity index (χ3n) is 12.1. The summed E-state index contributed by atoms with van der Waals surface area (Å²) in [6.07, 6.45) is 0. The van der Waals surface area contributed by atoms with Crippen molar-refractivity contribution in [2.24, 2.45) is 0 Å². The van der Waals surface area contributed by atoms with Crippen LogP contribution in [-0.4, -0.2) is 15.0 Å². The van der Waals surface area contributed by atoms with Crippen LogP contribution in [0.25, 0.3) is 120 Å². The van der Waals surface area contributed by atoms with Crippen molar-refractivity contribution in [1.82, 2.24) is 15.0 Å². The molecule has 0 fully saturated rings. The molecule has 0 aliphatic heterocycles. The Morgan fingerprint density at radius 3 is 1.63 bits per heavy atom. The van der Waals surface area contributed by atoms with E-state index < -0.39 is 0 Å². The summed E-state index contributed by atoms with van der Waals surface area (Å²) in [5.74, 6) is 0.701. The molecule has 294 valence electrons. The highest BCUT2D eigenvalue weighted by molar-refractivity contribution is 7.21. The largest absolute Gasteiger partial charge is 0.235 e. The molecule has 0 spiro atoms. The third kappa shape index (κ3) is 6.74. The molecule has 0 bridgehead atoms. The second-order valence-corrected chi connectivity index (χ2v) is 17.0. The van der Waals surface area contributed by atoms with Crippen LogP contribution < -0.4 is 0 Å². The van der Waals surface area contributed by atoms with Crippen LogP contribution in [0.1, 0.15) is 0 Å². The molecule has 0 aliphatic carbocycles. The average Bonchev–Trinajstić information content (AvgIpc) is 3.79. The average molecular weight is 820 g/mol. The Hall–Kier alpha value is -8.05. The van der Waals surface area contributed by atoms with E-state index in [9.17, 15) is 0 Å². The standard InChI is InChI=1S/C59H37N3S/c1-3-17-40(18-4-1)52-37-53(61-58(60-52)41-19-5-2-6-20-41)45-24-14-25-46(35-45)55-49-27-11-9-16-39(49)31-32-51(55)43-23-13-26-47(34-43)56-50-28-12-10-22-44(50)36-54-57(56)62-59(63-54)48-30-29-38-15-7-8-21-42(38)33-48/h1-37H. The monoisotopic (exact) mass is 819 g/mol. The van der Waals surface area contributed by atoms with E-state index in [-0.39, 0.29) is 0 Å². The van der Waals surface area contributed by atoms with E-state index in [2.05, 4.69) is 200 Å². The van der Waals surface area contributed by atoms with Crippen LogP contribution in [0.5, 0.6) is 0 Å². The predicted molar refractivity (Wildman–Crippen MR) is 266 cm³/mol. The van der Waals surface area contributed by atoms with Gasteiger partial charge in [-0.3, -0.25) is 0 Å². The number of nitrogens with zero attached hydrogens (tertiary/aromatic N) is 3. The van der Waals surface area contributed by atoms with Crippen LogP contribution in [0.4, 0.5) is 0 Å². The molecule has 0 unspecified atom stereocenters. The van der Waals surface area contributed by atoms with Crippen LogP contribution >= 0.6 is 11.3 Å². The fourth-order valence-electron chi connectivity index (χ4n) is 9.03. The van der Waals surface area contributed by atoms with E-state index in [1.807, 2.05) is 24.3 Å². The smallest absolute Gasteiger partial charge is 0.160 e. The van der Waals surface area contributed by atoms with Crippen LogP contribution in [0.15, 0.2) is 224 Å². The molecule has 3 nitrogen and oxygen atoms in total. The quantitative estimate of drug-likeness (QED) is 0.161. The molecular weight excluding hydrogens is 783 g/mol. The van der Waals surface area contributed by atoms with Gasteiger partial charge < -0.3 is 0 Å². The number of rotatable bonds is 7. The van der Waals surface area contributed by atoms with E-state index in [4.69, 9.17) is 15.0 Å². The van der Waals surface area contributed by atoms with E-state index in [1.54, 1.807) is 11.3 Å². The van der Waals surface area contributed by atoms with Gasteiger partial charge in [-0.15, -0.1) is 11.3 Å². The fraction of sp³-hybridized carbons (Fsp3) is 0. The summed E-state index contributed by atoms with van der Waals surface area (Å²) in [5.41, 5.74) is 13.9. The first-order chi connectivity index (χ1) is 31.2. The van der Waals surface area contributed by atoms with E-state index in [1.165, 1.54) is 42.6 Å². The van der Waals surface area contributed by atoms with Crippen molar-refractivity contribution in [1.29, 1.82) is 0 Å². The van der Waals surface area contributed by atoms with Gasteiger partial charge in [-0.1, -0.05) is 194 Å². The first-order valence-corrected chi connectivity index (χ1v) is 22.1. The van der Waals surface area contributed by atoms with Crippen molar-refractivity contribution in [2.45, 2.75) is 0 Å². The van der Waals surface area contributed by atoms with Gasteiger partial charge in [-0.05, 0) is 90.5 Å². The number of benzene rings is 10. The third-order valence-corrected chi connectivity index (χ3v) is 13.1. The number of hydrogen-bond acceptors (Lipinski definition) is 4. The first-order valence-electron chi connectivity index (χ1n) is 21.2.